The molecule has 0 unspecified atom stereocenters. The fourth-order valence-corrected chi connectivity index (χ4v) is 5.69. The summed E-state index contributed by atoms with van der Waals surface area (Å²) in [5.41, 5.74) is 3.68. The van der Waals surface area contributed by atoms with Gasteiger partial charge in [0.2, 0.25) is 17.7 Å². The van der Waals surface area contributed by atoms with E-state index < -0.39 is 41.1 Å². The number of rotatable bonds is 8. The molecule has 13 nitrogen and oxygen atoms in total. The molecule has 0 fully saturated rings. The van der Waals surface area contributed by atoms with E-state index in [2.05, 4.69) is 15.2 Å². The van der Waals surface area contributed by atoms with Crippen LogP contribution < -0.4 is 26.5 Å². The Morgan fingerprint density at radius 2 is 1.73 bits per heavy atom. The number of halogens is 2. The number of pyridine rings is 1. The number of fused-ring (bicyclic) bond motifs is 1. The number of nitrogens with zero attached hydrogens (tertiary/aromatic N) is 6. The van der Waals surface area contributed by atoms with Crippen LogP contribution in [0.5, 0.6) is 11.8 Å². The number of carbonyl (C=O) groups excluding carboxylic acids is 2. The van der Waals surface area contributed by atoms with Gasteiger partial charge in [-0.1, -0.05) is 6.07 Å². The SMILES string of the molecule is COc1ccc(-n2c(=O)c3c(CN(C)C(C)=O)c(-c4ccc(OC(N)=O)nc4)sc3n(Cc3c(F)cccc3F)c2=O)nn1. The van der Waals surface area contributed by atoms with E-state index in [-0.39, 0.29) is 40.2 Å². The van der Waals surface area contributed by atoms with Crippen molar-refractivity contribution in [2.24, 2.45) is 5.73 Å². The molecule has 2 amide bonds. The van der Waals surface area contributed by atoms with Crippen molar-refractivity contribution in [1.82, 2.24) is 29.2 Å². The second-order valence-corrected chi connectivity index (χ2v) is 10.4. The number of amides is 2. The number of ether oxygens (including phenoxy) is 2. The topological polar surface area (TPSA) is 165 Å². The Kier molecular flexibility index (Phi) is 8.17. The highest BCUT2D eigenvalue weighted by Gasteiger charge is 2.26. The van der Waals surface area contributed by atoms with Gasteiger partial charge in [0.1, 0.15) is 16.5 Å². The smallest absolute Gasteiger partial charge is 0.411 e. The Balaban J connectivity index is 1.86. The average molecular weight is 624 g/mol. The minimum Gasteiger partial charge on any atom is -0.480 e. The normalized spacial score (nSPS) is 11.0. The number of hydrogen-bond donors (Lipinski definition) is 1. The number of thiophene rings is 1. The molecule has 1 aromatic carbocycles. The molecule has 0 aliphatic heterocycles. The molecule has 0 aliphatic carbocycles. The number of benzene rings is 1. The molecule has 4 aromatic heterocycles. The fraction of sp³-hybridized carbons (Fsp3) is 0.179. The molecule has 226 valence electrons. The first-order valence-corrected chi connectivity index (χ1v) is 13.6. The zero-order valence-corrected chi connectivity index (χ0v) is 24.2. The monoisotopic (exact) mass is 623 g/mol. The molecule has 2 N–H and O–H groups in total. The number of nitrogens with two attached hydrogens (primary N) is 1. The van der Waals surface area contributed by atoms with E-state index in [0.29, 0.717) is 16.0 Å². The summed E-state index contributed by atoms with van der Waals surface area (Å²) in [6.07, 6.45) is 0.287. The van der Waals surface area contributed by atoms with Crippen LogP contribution in [-0.2, 0) is 17.9 Å². The van der Waals surface area contributed by atoms with Gasteiger partial charge in [-0.25, -0.2) is 27.9 Å². The van der Waals surface area contributed by atoms with Gasteiger partial charge in [-0.2, -0.15) is 0 Å². The quantitative estimate of drug-likeness (QED) is 0.274. The van der Waals surface area contributed by atoms with Gasteiger partial charge in [0.15, 0.2) is 5.82 Å². The van der Waals surface area contributed by atoms with E-state index in [9.17, 15) is 28.0 Å². The predicted octanol–water partition coefficient (Wildman–Crippen LogP) is 2.84. The Morgan fingerprint density at radius 1 is 1.02 bits per heavy atom. The van der Waals surface area contributed by atoms with Crippen molar-refractivity contribution in [3.8, 4) is 28.0 Å². The maximum absolute atomic E-state index is 14.8. The van der Waals surface area contributed by atoms with Crippen molar-refractivity contribution in [2.45, 2.75) is 20.0 Å². The van der Waals surface area contributed by atoms with E-state index in [0.717, 1.165) is 32.6 Å². The lowest BCUT2D eigenvalue weighted by Gasteiger charge is -2.16. The zero-order valence-electron chi connectivity index (χ0n) is 23.4. The third-order valence-electron chi connectivity index (χ3n) is 6.65. The highest BCUT2D eigenvalue weighted by atomic mass is 32.1. The van der Waals surface area contributed by atoms with Gasteiger partial charge in [0.05, 0.1) is 19.0 Å². The van der Waals surface area contributed by atoms with Crippen molar-refractivity contribution < 1.29 is 27.8 Å². The van der Waals surface area contributed by atoms with Crippen molar-refractivity contribution in [1.29, 1.82) is 0 Å². The molecule has 0 radical (unpaired) electrons. The summed E-state index contributed by atoms with van der Waals surface area (Å²) in [7, 11) is 2.89. The molecule has 4 heterocycles. The molecule has 16 heteroatoms. The molecular weight excluding hydrogens is 600 g/mol. The van der Waals surface area contributed by atoms with Crippen LogP contribution in [0.4, 0.5) is 13.6 Å². The van der Waals surface area contributed by atoms with Crippen LogP contribution in [-0.4, -0.2) is 55.4 Å². The molecule has 0 saturated carbocycles. The molecule has 0 bridgehead atoms. The summed E-state index contributed by atoms with van der Waals surface area (Å²) in [4.78, 5) is 57.5. The van der Waals surface area contributed by atoms with E-state index in [1.54, 1.807) is 6.07 Å². The first-order valence-electron chi connectivity index (χ1n) is 12.8. The van der Waals surface area contributed by atoms with Gasteiger partial charge in [0, 0.05) is 60.4 Å². The Bertz CT molecular complexity index is 2000. The fourth-order valence-electron chi connectivity index (χ4n) is 4.40. The predicted molar refractivity (Wildman–Crippen MR) is 155 cm³/mol. The minimum absolute atomic E-state index is 0.00419. The van der Waals surface area contributed by atoms with Crippen LogP contribution in [0.15, 0.2) is 58.3 Å². The Hall–Kier alpha value is -5.51. The summed E-state index contributed by atoms with van der Waals surface area (Å²) >= 11 is 0.985. The third-order valence-corrected chi connectivity index (χ3v) is 7.96. The van der Waals surface area contributed by atoms with E-state index in [1.165, 1.54) is 56.4 Å². The Labute approximate surface area is 250 Å². The number of aromatic nitrogens is 5. The third kappa shape index (κ3) is 5.61. The maximum Gasteiger partial charge on any atom is 0.411 e. The molecule has 44 heavy (non-hydrogen) atoms. The largest absolute Gasteiger partial charge is 0.480 e. The number of primary amides is 1. The highest BCUT2D eigenvalue weighted by molar-refractivity contribution is 7.22. The zero-order chi connectivity index (χ0) is 31.7. The van der Waals surface area contributed by atoms with Crippen molar-refractivity contribution >= 4 is 33.6 Å². The lowest BCUT2D eigenvalue weighted by molar-refractivity contribution is -0.128. The van der Waals surface area contributed by atoms with Crippen LogP contribution >= 0.6 is 11.3 Å². The summed E-state index contributed by atoms with van der Waals surface area (Å²) in [6.45, 7) is 0.678. The summed E-state index contributed by atoms with van der Waals surface area (Å²) in [5, 5.41) is 7.81. The van der Waals surface area contributed by atoms with E-state index in [1.807, 2.05) is 0 Å². The second kappa shape index (κ2) is 12.0. The van der Waals surface area contributed by atoms with Crippen molar-refractivity contribution in [3.63, 3.8) is 0 Å². The molecule has 0 atom stereocenters. The highest BCUT2D eigenvalue weighted by Crippen LogP contribution is 2.38. The number of carbonyl (C=O) groups is 2. The molecule has 5 rings (SSSR count). The number of hydrogen-bond acceptors (Lipinski definition) is 10. The van der Waals surface area contributed by atoms with Crippen molar-refractivity contribution in [3.05, 3.63) is 92.3 Å². The maximum atomic E-state index is 14.8. The van der Waals surface area contributed by atoms with Gasteiger partial charge in [0.25, 0.3) is 5.56 Å². The van der Waals surface area contributed by atoms with E-state index >= 15 is 0 Å². The number of methoxy groups -OCH3 is 1. The molecule has 0 saturated heterocycles. The average Bonchev–Trinajstić information content (AvgIpc) is 3.36. The van der Waals surface area contributed by atoms with Gasteiger partial charge in [-0.3, -0.25) is 14.2 Å². The molecule has 0 aliphatic rings. The van der Waals surface area contributed by atoms with E-state index in [4.69, 9.17) is 15.2 Å². The summed E-state index contributed by atoms with van der Waals surface area (Å²) < 4.78 is 41.3. The molecule has 0 spiro atoms. The molecule has 5 aromatic rings. The van der Waals surface area contributed by atoms with Gasteiger partial charge >= 0.3 is 11.8 Å². The lowest BCUT2D eigenvalue weighted by atomic mass is 10.1. The summed E-state index contributed by atoms with van der Waals surface area (Å²) in [5.74, 6) is -2.24. The van der Waals surface area contributed by atoms with Crippen LogP contribution in [0, 0.1) is 11.6 Å². The van der Waals surface area contributed by atoms with Gasteiger partial charge < -0.3 is 20.1 Å². The standard InChI is InChI=1S/C28H23F2N7O6S/c1-14(38)35(2)12-17-23-25(39)37(20-8-10-22(42-3)34-33-20)28(41)36(13-16-18(29)5-4-6-19(16)30)26(23)44-24(17)15-7-9-21(32-11-15)43-27(31)40/h4-11H,12-13H2,1-3H3,(H2,31,40). The van der Waals surface area contributed by atoms with Crippen LogP contribution in [0.3, 0.4) is 0 Å². The lowest BCUT2D eigenvalue weighted by Crippen LogP contribution is -2.40. The van der Waals surface area contributed by atoms with Crippen molar-refractivity contribution in [2.75, 3.05) is 14.2 Å². The first-order chi connectivity index (χ1) is 21.0. The first kappa shape index (κ1) is 30.0. The van der Waals surface area contributed by atoms with Crippen LogP contribution in [0.2, 0.25) is 0 Å². The van der Waals surface area contributed by atoms with Gasteiger partial charge in [-0.15, -0.1) is 21.5 Å². The van der Waals surface area contributed by atoms with Crippen LogP contribution in [0.25, 0.3) is 26.5 Å². The van der Waals surface area contributed by atoms with Crippen LogP contribution in [0.1, 0.15) is 18.1 Å². The molecular formula is C28H23F2N7O6S. The second-order valence-electron chi connectivity index (χ2n) is 9.41. The minimum atomic E-state index is -1.07. The summed E-state index contributed by atoms with van der Waals surface area (Å²) in [6, 6.07) is 8.95. The Morgan fingerprint density at radius 3 is 2.30 bits per heavy atom. The van der Waals surface area contributed by atoms with Gasteiger partial charge in [-0.05, 0) is 24.3 Å².